The topological polar surface area (TPSA) is 12.0 Å². The van der Waals surface area contributed by atoms with Gasteiger partial charge in [0, 0.05) is 0 Å². The van der Waals surface area contributed by atoms with Gasteiger partial charge in [0.2, 0.25) is 0 Å². The van der Waals surface area contributed by atoms with Crippen LogP contribution in [0.1, 0.15) is 12.8 Å². The SMILES string of the molecule is C1CCNC1.[Li+]. The second-order valence-electron chi connectivity index (χ2n) is 1.46. The van der Waals surface area contributed by atoms with Crippen molar-refractivity contribution in [3.63, 3.8) is 0 Å². The van der Waals surface area contributed by atoms with Crippen molar-refractivity contribution in [2.75, 3.05) is 13.1 Å². The maximum Gasteiger partial charge on any atom is 1.00 e. The summed E-state index contributed by atoms with van der Waals surface area (Å²) < 4.78 is 0. The fraction of sp³-hybridized carbons (Fsp3) is 1.00. The summed E-state index contributed by atoms with van der Waals surface area (Å²) in [5, 5.41) is 3.22. The van der Waals surface area contributed by atoms with Gasteiger partial charge in [-0.05, 0) is 25.9 Å². The predicted octanol–water partition coefficient (Wildman–Crippen LogP) is -2.63. The first kappa shape index (κ1) is 6.56. The third-order valence-corrected chi connectivity index (χ3v) is 0.957. The Morgan fingerprint density at radius 3 is 1.67 bits per heavy atom. The summed E-state index contributed by atoms with van der Waals surface area (Å²) in [4.78, 5) is 0. The van der Waals surface area contributed by atoms with Gasteiger partial charge in [-0.3, -0.25) is 0 Å². The monoisotopic (exact) mass is 78.1 g/mol. The molecule has 1 aliphatic rings. The molecule has 30 valence electrons. The first-order chi connectivity index (χ1) is 2.50. The van der Waals surface area contributed by atoms with Crippen molar-refractivity contribution < 1.29 is 18.9 Å². The van der Waals surface area contributed by atoms with Crippen LogP contribution in [0.2, 0.25) is 0 Å². The molecule has 0 atom stereocenters. The molecule has 0 saturated carbocycles. The van der Waals surface area contributed by atoms with E-state index in [0.717, 1.165) is 0 Å². The third kappa shape index (κ3) is 1.87. The van der Waals surface area contributed by atoms with E-state index in [0.29, 0.717) is 0 Å². The zero-order chi connectivity index (χ0) is 3.54. The van der Waals surface area contributed by atoms with Crippen LogP contribution in [0.4, 0.5) is 0 Å². The van der Waals surface area contributed by atoms with Crippen molar-refractivity contribution in [1.82, 2.24) is 5.32 Å². The molecule has 2 heteroatoms. The molecule has 0 aromatic carbocycles. The van der Waals surface area contributed by atoms with Crippen LogP contribution in [0, 0.1) is 0 Å². The first-order valence-corrected chi connectivity index (χ1v) is 2.21. The van der Waals surface area contributed by atoms with E-state index >= 15 is 0 Å². The van der Waals surface area contributed by atoms with E-state index in [1.807, 2.05) is 0 Å². The molecule has 0 amide bonds. The van der Waals surface area contributed by atoms with E-state index in [1.54, 1.807) is 0 Å². The predicted molar refractivity (Wildman–Crippen MR) is 22.1 cm³/mol. The van der Waals surface area contributed by atoms with Crippen LogP contribution in [0.3, 0.4) is 0 Å². The standard InChI is InChI=1S/C4H9N.Li/c1-2-4-5-3-1;/h5H,1-4H2;/q;+1. The van der Waals surface area contributed by atoms with Gasteiger partial charge in [0.15, 0.2) is 0 Å². The maximum absolute atomic E-state index is 3.22. The third-order valence-electron chi connectivity index (χ3n) is 0.957. The van der Waals surface area contributed by atoms with Crippen molar-refractivity contribution in [2.24, 2.45) is 0 Å². The second-order valence-corrected chi connectivity index (χ2v) is 1.46. The zero-order valence-corrected chi connectivity index (χ0v) is 4.33. The molecule has 1 saturated heterocycles. The molecule has 0 aliphatic carbocycles. The summed E-state index contributed by atoms with van der Waals surface area (Å²) in [5.74, 6) is 0. The molecule has 0 aromatic rings. The summed E-state index contributed by atoms with van der Waals surface area (Å²) >= 11 is 0. The smallest absolute Gasteiger partial charge is 0.317 e. The molecular weight excluding hydrogens is 69.0 g/mol. The number of hydrogen-bond acceptors (Lipinski definition) is 1. The van der Waals surface area contributed by atoms with Crippen LogP contribution in [0.15, 0.2) is 0 Å². The van der Waals surface area contributed by atoms with Gasteiger partial charge in [0.05, 0.1) is 0 Å². The molecule has 0 unspecified atom stereocenters. The van der Waals surface area contributed by atoms with Crippen molar-refractivity contribution in [3.05, 3.63) is 0 Å². The average Bonchev–Trinajstić information content (AvgIpc) is 1.76. The summed E-state index contributed by atoms with van der Waals surface area (Å²) in [7, 11) is 0. The molecule has 1 N–H and O–H groups in total. The number of hydrogen-bond donors (Lipinski definition) is 1. The molecule has 0 aromatic heterocycles. The molecule has 0 bridgehead atoms. The number of rotatable bonds is 0. The van der Waals surface area contributed by atoms with Crippen molar-refractivity contribution >= 4 is 0 Å². The molecule has 1 fully saturated rings. The Kier molecular flexibility index (Phi) is 4.08. The van der Waals surface area contributed by atoms with Crippen LogP contribution in [-0.4, -0.2) is 13.1 Å². The largest absolute Gasteiger partial charge is 1.00 e. The minimum Gasteiger partial charge on any atom is -0.317 e. The Hall–Kier alpha value is 0.557. The van der Waals surface area contributed by atoms with Gasteiger partial charge in [-0.15, -0.1) is 0 Å². The van der Waals surface area contributed by atoms with E-state index in [2.05, 4.69) is 5.32 Å². The molecule has 1 aliphatic heterocycles. The van der Waals surface area contributed by atoms with Gasteiger partial charge < -0.3 is 5.32 Å². The molecule has 6 heavy (non-hydrogen) atoms. The normalized spacial score (nSPS) is 20.0. The first-order valence-electron chi connectivity index (χ1n) is 2.21. The quantitative estimate of drug-likeness (QED) is 0.313. The van der Waals surface area contributed by atoms with Crippen molar-refractivity contribution in [2.45, 2.75) is 12.8 Å². The average molecular weight is 78.1 g/mol. The van der Waals surface area contributed by atoms with Gasteiger partial charge >= 0.3 is 18.9 Å². The van der Waals surface area contributed by atoms with Crippen LogP contribution >= 0.6 is 0 Å². The zero-order valence-electron chi connectivity index (χ0n) is 4.33. The summed E-state index contributed by atoms with van der Waals surface area (Å²) in [6, 6.07) is 0. The summed E-state index contributed by atoms with van der Waals surface area (Å²) in [6.07, 6.45) is 2.78. The van der Waals surface area contributed by atoms with Gasteiger partial charge in [-0.1, -0.05) is 0 Å². The van der Waals surface area contributed by atoms with Crippen LogP contribution in [0.25, 0.3) is 0 Å². The van der Waals surface area contributed by atoms with Crippen LogP contribution in [0.5, 0.6) is 0 Å². The second kappa shape index (κ2) is 3.74. The summed E-state index contributed by atoms with van der Waals surface area (Å²) in [5.41, 5.74) is 0. The van der Waals surface area contributed by atoms with Gasteiger partial charge in [0.25, 0.3) is 0 Å². The summed E-state index contributed by atoms with van der Waals surface area (Å²) in [6.45, 7) is 2.50. The van der Waals surface area contributed by atoms with Crippen molar-refractivity contribution in [3.8, 4) is 0 Å². The van der Waals surface area contributed by atoms with E-state index in [9.17, 15) is 0 Å². The van der Waals surface area contributed by atoms with Gasteiger partial charge in [-0.25, -0.2) is 0 Å². The molecular formula is C4H9LiN+. The Bertz CT molecular complexity index is 19.1. The Balaban J connectivity index is 0.000000250. The van der Waals surface area contributed by atoms with Crippen LogP contribution in [-0.2, 0) is 0 Å². The Labute approximate surface area is 50.7 Å². The Morgan fingerprint density at radius 2 is 1.50 bits per heavy atom. The van der Waals surface area contributed by atoms with Crippen molar-refractivity contribution in [1.29, 1.82) is 0 Å². The van der Waals surface area contributed by atoms with Gasteiger partial charge in [-0.2, -0.15) is 0 Å². The van der Waals surface area contributed by atoms with E-state index < -0.39 is 0 Å². The van der Waals surface area contributed by atoms with E-state index in [1.165, 1.54) is 25.9 Å². The molecule has 1 rings (SSSR count). The van der Waals surface area contributed by atoms with E-state index in [-0.39, 0.29) is 18.9 Å². The molecule has 1 heterocycles. The number of nitrogens with one attached hydrogen (secondary N) is 1. The maximum atomic E-state index is 3.22. The van der Waals surface area contributed by atoms with E-state index in [4.69, 9.17) is 0 Å². The fourth-order valence-electron chi connectivity index (χ4n) is 0.625. The molecule has 0 radical (unpaired) electrons. The Morgan fingerprint density at radius 1 is 1.00 bits per heavy atom. The molecule has 0 spiro atoms. The van der Waals surface area contributed by atoms with Crippen LogP contribution < -0.4 is 24.2 Å². The molecule has 1 nitrogen and oxygen atoms in total. The van der Waals surface area contributed by atoms with Gasteiger partial charge in [0.1, 0.15) is 0 Å². The minimum absolute atomic E-state index is 0. The fourth-order valence-corrected chi connectivity index (χ4v) is 0.625. The minimum atomic E-state index is 0.